The molecule has 1 fully saturated rings. The zero-order valence-corrected chi connectivity index (χ0v) is 12.5. The van der Waals surface area contributed by atoms with Gasteiger partial charge < -0.3 is 15.3 Å². The van der Waals surface area contributed by atoms with Gasteiger partial charge in [-0.25, -0.2) is 0 Å². The van der Waals surface area contributed by atoms with Crippen molar-refractivity contribution in [1.29, 1.82) is 0 Å². The molecule has 0 aromatic rings. The number of nitrogens with zero attached hydrogens (tertiary/aromatic N) is 1. The molecule has 0 aliphatic carbocycles. The van der Waals surface area contributed by atoms with E-state index in [9.17, 15) is 4.79 Å². The second kappa shape index (κ2) is 9.32. The highest BCUT2D eigenvalue weighted by Gasteiger charge is 2.28. The maximum atomic E-state index is 12.1. The van der Waals surface area contributed by atoms with Crippen LogP contribution in [0.2, 0.25) is 0 Å². The Labute approximate surface area is 117 Å². The summed E-state index contributed by atoms with van der Waals surface area (Å²) in [7, 11) is 0. The first kappa shape index (κ1) is 16.4. The summed E-state index contributed by atoms with van der Waals surface area (Å²) in [6.45, 7) is 6.79. The van der Waals surface area contributed by atoms with Gasteiger partial charge in [-0.15, -0.1) is 0 Å². The van der Waals surface area contributed by atoms with Crippen molar-refractivity contribution in [3.05, 3.63) is 0 Å². The molecule has 4 heteroatoms. The van der Waals surface area contributed by atoms with Gasteiger partial charge in [-0.1, -0.05) is 26.7 Å². The predicted molar refractivity (Wildman–Crippen MR) is 78.0 cm³/mol. The van der Waals surface area contributed by atoms with Crippen molar-refractivity contribution in [1.82, 2.24) is 10.2 Å². The number of likely N-dealkylation sites (tertiary alicyclic amines) is 1. The van der Waals surface area contributed by atoms with Gasteiger partial charge in [0, 0.05) is 32.1 Å². The number of nitrogens with one attached hydrogen (secondary N) is 1. The van der Waals surface area contributed by atoms with E-state index in [0.29, 0.717) is 30.8 Å². The number of amides is 1. The lowest BCUT2D eigenvalue weighted by Crippen LogP contribution is -2.51. The number of piperidine rings is 1. The van der Waals surface area contributed by atoms with E-state index in [-0.39, 0.29) is 6.61 Å². The summed E-state index contributed by atoms with van der Waals surface area (Å²) in [4.78, 5) is 14.1. The Morgan fingerprint density at radius 2 is 2.11 bits per heavy atom. The van der Waals surface area contributed by atoms with Gasteiger partial charge in [0.1, 0.15) is 0 Å². The zero-order valence-electron chi connectivity index (χ0n) is 12.5. The second-order valence-corrected chi connectivity index (χ2v) is 5.67. The van der Waals surface area contributed by atoms with Gasteiger partial charge in [0.15, 0.2) is 0 Å². The Hall–Kier alpha value is -0.610. The van der Waals surface area contributed by atoms with E-state index in [1.165, 1.54) is 19.3 Å². The Balaban J connectivity index is 2.52. The molecule has 2 unspecified atom stereocenters. The number of unbranched alkanes of at least 4 members (excludes halogenated alkanes) is 1. The molecule has 2 atom stereocenters. The van der Waals surface area contributed by atoms with Gasteiger partial charge in [-0.3, -0.25) is 4.79 Å². The molecule has 1 heterocycles. The Morgan fingerprint density at radius 1 is 1.32 bits per heavy atom. The third-order valence-electron chi connectivity index (χ3n) is 3.86. The van der Waals surface area contributed by atoms with E-state index in [1.807, 2.05) is 4.90 Å². The van der Waals surface area contributed by atoms with Crippen molar-refractivity contribution in [3.63, 3.8) is 0 Å². The summed E-state index contributed by atoms with van der Waals surface area (Å²) in [5.41, 5.74) is 0. The molecule has 1 aliphatic heterocycles. The summed E-state index contributed by atoms with van der Waals surface area (Å²) in [6, 6.07) is 0.351. The zero-order chi connectivity index (χ0) is 14.1. The van der Waals surface area contributed by atoms with Crippen molar-refractivity contribution in [2.75, 3.05) is 26.2 Å². The van der Waals surface area contributed by atoms with Gasteiger partial charge in [-0.05, 0) is 25.2 Å². The molecule has 0 bridgehead atoms. The van der Waals surface area contributed by atoms with Crippen molar-refractivity contribution < 1.29 is 9.90 Å². The summed E-state index contributed by atoms with van der Waals surface area (Å²) < 4.78 is 0. The van der Waals surface area contributed by atoms with Crippen LogP contribution in [0.1, 0.15) is 52.4 Å². The number of hydrogen-bond donors (Lipinski definition) is 2. The number of carbonyl (C=O) groups is 1. The standard InChI is InChI=1S/C15H30N2O2/c1-3-5-7-13-10-14(16-8-9-18)12-17(11-13)15(19)6-4-2/h13-14,16,18H,3-12H2,1-2H3. The molecule has 0 radical (unpaired) electrons. The van der Waals surface area contributed by atoms with Crippen molar-refractivity contribution in [3.8, 4) is 0 Å². The molecule has 1 aliphatic rings. The normalized spacial score (nSPS) is 23.6. The summed E-state index contributed by atoms with van der Waals surface area (Å²) in [5, 5.41) is 12.3. The quantitative estimate of drug-likeness (QED) is 0.707. The van der Waals surface area contributed by atoms with Crippen LogP contribution in [0.25, 0.3) is 0 Å². The Kier molecular flexibility index (Phi) is 8.07. The summed E-state index contributed by atoms with van der Waals surface area (Å²) >= 11 is 0. The van der Waals surface area contributed by atoms with Gasteiger partial charge in [-0.2, -0.15) is 0 Å². The first-order valence-corrected chi connectivity index (χ1v) is 7.83. The third-order valence-corrected chi connectivity index (χ3v) is 3.86. The average molecular weight is 270 g/mol. The molecule has 19 heavy (non-hydrogen) atoms. The molecule has 0 aromatic carbocycles. The van der Waals surface area contributed by atoms with Crippen molar-refractivity contribution in [2.24, 2.45) is 5.92 Å². The van der Waals surface area contributed by atoms with Crippen LogP contribution in [0.4, 0.5) is 0 Å². The first-order valence-electron chi connectivity index (χ1n) is 7.83. The fourth-order valence-corrected chi connectivity index (χ4v) is 2.90. The lowest BCUT2D eigenvalue weighted by atomic mass is 9.89. The van der Waals surface area contributed by atoms with E-state index in [2.05, 4.69) is 19.2 Å². The molecule has 112 valence electrons. The van der Waals surface area contributed by atoms with Crippen LogP contribution >= 0.6 is 0 Å². The largest absolute Gasteiger partial charge is 0.395 e. The SMILES string of the molecule is CCCCC1CC(NCCO)CN(C(=O)CCC)C1. The third kappa shape index (κ3) is 5.91. The minimum absolute atomic E-state index is 0.166. The molecule has 1 saturated heterocycles. The number of aliphatic hydroxyl groups is 1. The van der Waals surface area contributed by atoms with Crippen LogP contribution in [0.5, 0.6) is 0 Å². The van der Waals surface area contributed by atoms with Gasteiger partial charge in [0.05, 0.1) is 6.61 Å². The lowest BCUT2D eigenvalue weighted by molar-refractivity contribution is -0.133. The number of carbonyl (C=O) groups excluding carboxylic acids is 1. The molecule has 0 saturated carbocycles. The average Bonchev–Trinajstić information content (AvgIpc) is 2.43. The molecule has 1 amide bonds. The van der Waals surface area contributed by atoms with E-state index < -0.39 is 0 Å². The van der Waals surface area contributed by atoms with Crippen LogP contribution in [0.15, 0.2) is 0 Å². The smallest absolute Gasteiger partial charge is 0.222 e. The van der Waals surface area contributed by atoms with Crippen LogP contribution < -0.4 is 5.32 Å². The van der Waals surface area contributed by atoms with E-state index in [1.54, 1.807) is 0 Å². The highest BCUT2D eigenvalue weighted by atomic mass is 16.3. The lowest BCUT2D eigenvalue weighted by Gasteiger charge is -2.38. The highest BCUT2D eigenvalue weighted by molar-refractivity contribution is 5.76. The van der Waals surface area contributed by atoms with E-state index >= 15 is 0 Å². The van der Waals surface area contributed by atoms with Crippen LogP contribution in [0.3, 0.4) is 0 Å². The molecule has 0 aromatic heterocycles. The molecular weight excluding hydrogens is 240 g/mol. The number of hydrogen-bond acceptors (Lipinski definition) is 3. The summed E-state index contributed by atoms with van der Waals surface area (Å²) in [6.07, 6.45) is 6.39. The Morgan fingerprint density at radius 3 is 2.74 bits per heavy atom. The van der Waals surface area contributed by atoms with E-state index in [0.717, 1.165) is 25.9 Å². The van der Waals surface area contributed by atoms with Crippen molar-refractivity contribution in [2.45, 2.75) is 58.4 Å². The van der Waals surface area contributed by atoms with Crippen molar-refractivity contribution >= 4 is 5.91 Å². The molecule has 1 rings (SSSR count). The predicted octanol–water partition coefficient (Wildman–Crippen LogP) is 1.78. The van der Waals surface area contributed by atoms with Gasteiger partial charge >= 0.3 is 0 Å². The molecule has 4 nitrogen and oxygen atoms in total. The van der Waals surface area contributed by atoms with Gasteiger partial charge in [0.25, 0.3) is 0 Å². The van der Waals surface area contributed by atoms with Gasteiger partial charge in [0.2, 0.25) is 5.91 Å². The minimum Gasteiger partial charge on any atom is -0.395 e. The maximum absolute atomic E-state index is 12.1. The topological polar surface area (TPSA) is 52.6 Å². The number of aliphatic hydroxyl groups excluding tert-OH is 1. The highest BCUT2D eigenvalue weighted by Crippen LogP contribution is 2.22. The van der Waals surface area contributed by atoms with Crippen LogP contribution in [-0.2, 0) is 4.79 Å². The molecule has 2 N–H and O–H groups in total. The first-order chi connectivity index (χ1) is 9.21. The fourth-order valence-electron chi connectivity index (χ4n) is 2.90. The molecule has 0 spiro atoms. The molecular formula is C15H30N2O2. The fraction of sp³-hybridized carbons (Fsp3) is 0.933. The monoisotopic (exact) mass is 270 g/mol. The van der Waals surface area contributed by atoms with E-state index in [4.69, 9.17) is 5.11 Å². The minimum atomic E-state index is 0.166. The van der Waals surface area contributed by atoms with Crippen LogP contribution in [0, 0.1) is 5.92 Å². The van der Waals surface area contributed by atoms with Crippen LogP contribution in [-0.4, -0.2) is 48.2 Å². The summed E-state index contributed by atoms with van der Waals surface area (Å²) in [5.74, 6) is 0.908. The Bertz CT molecular complexity index is 243. The second-order valence-electron chi connectivity index (χ2n) is 5.67. The maximum Gasteiger partial charge on any atom is 0.222 e. The number of rotatable bonds is 8.